The van der Waals surface area contributed by atoms with Crippen molar-refractivity contribution < 1.29 is 40.7 Å². The Morgan fingerprint density at radius 1 is 1.27 bits per heavy atom. The minimum absolute atomic E-state index is 0.0207. The molecule has 1 atom stereocenters. The first-order chi connectivity index (χ1) is 17.0. The molecule has 2 heterocycles. The number of nitrogens with one attached hydrogen (secondary N) is 2. The van der Waals surface area contributed by atoms with Crippen LogP contribution in [0.15, 0.2) is 29.3 Å². The molecule has 0 bridgehead atoms. The number of aromatic nitrogens is 2. The lowest BCUT2D eigenvalue weighted by molar-refractivity contribution is -0.242. The summed E-state index contributed by atoms with van der Waals surface area (Å²) in [4.78, 5) is 23.5. The van der Waals surface area contributed by atoms with Crippen molar-refractivity contribution in [3.05, 3.63) is 30.1 Å². The Balaban J connectivity index is 1.98. The zero-order valence-corrected chi connectivity index (χ0v) is 21.7. The van der Waals surface area contributed by atoms with Crippen LogP contribution in [0.4, 0.5) is 29.3 Å². The largest absolute Gasteiger partial charge is 0.484 e. The molecule has 1 aromatic heterocycles. The second kappa shape index (κ2) is 10.1. The van der Waals surface area contributed by atoms with E-state index in [1.54, 1.807) is 13.8 Å². The predicted octanol–water partition coefficient (Wildman–Crippen LogP) is 3.19. The number of hydrogen-bond donors (Lipinski definition) is 2. The first-order valence-electron chi connectivity index (χ1n) is 11.2. The topological polar surface area (TPSA) is 132 Å². The highest BCUT2D eigenvalue weighted by Crippen LogP contribution is 2.40. The summed E-state index contributed by atoms with van der Waals surface area (Å²) >= 11 is 0. The summed E-state index contributed by atoms with van der Waals surface area (Å²) in [5.74, 6) is -0.205. The van der Waals surface area contributed by atoms with Crippen molar-refractivity contribution >= 4 is 33.4 Å². The van der Waals surface area contributed by atoms with E-state index >= 15 is 0 Å². The summed E-state index contributed by atoms with van der Waals surface area (Å²) in [5, 5.41) is 8.98. The first kappa shape index (κ1) is 28.1. The standard InChI is InChI=1S/C22H28F3N5O6S/c1-6-29-12-19(13(2)28-29)37(33,34)30-11-16(10-26-14(3)31)35-18-8-7-15(9-17(18)30)27-20(32)36-21(4,5)22(23,24)25/h7-9,12,16H,6,10-11H2,1-5H3,(H,26,31)(H,27,32). The maximum atomic E-state index is 13.7. The average molecular weight is 548 g/mol. The van der Waals surface area contributed by atoms with Crippen molar-refractivity contribution in [1.82, 2.24) is 15.1 Å². The quantitative estimate of drug-likeness (QED) is 0.544. The number of fused-ring (bicyclic) bond motifs is 1. The van der Waals surface area contributed by atoms with Crippen LogP contribution in [0.2, 0.25) is 0 Å². The summed E-state index contributed by atoms with van der Waals surface area (Å²) in [7, 11) is -4.20. The number of nitrogens with zero attached hydrogens (tertiary/aromatic N) is 3. The number of anilines is 2. The Morgan fingerprint density at radius 3 is 2.51 bits per heavy atom. The minimum Gasteiger partial charge on any atom is -0.484 e. The molecule has 0 saturated carbocycles. The normalized spacial score (nSPS) is 16.0. The van der Waals surface area contributed by atoms with Crippen LogP contribution in [-0.4, -0.2) is 61.2 Å². The third-order valence-electron chi connectivity index (χ3n) is 5.54. The average Bonchev–Trinajstić information content (AvgIpc) is 3.17. The van der Waals surface area contributed by atoms with Crippen molar-refractivity contribution in [3.8, 4) is 5.75 Å². The van der Waals surface area contributed by atoms with E-state index in [-0.39, 0.29) is 46.7 Å². The van der Waals surface area contributed by atoms with Gasteiger partial charge in [0.15, 0.2) is 0 Å². The van der Waals surface area contributed by atoms with E-state index in [9.17, 15) is 31.2 Å². The summed E-state index contributed by atoms with van der Waals surface area (Å²) in [6, 6.07) is 3.94. The molecule has 15 heteroatoms. The Bertz CT molecular complexity index is 1290. The zero-order chi connectivity index (χ0) is 27.8. The zero-order valence-electron chi connectivity index (χ0n) is 20.8. The molecule has 37 heavy (non-hydrogen) atoms. The maximum Gasteiger partial charge on any atom is 0.427 e. The smallest absolute Gasteiger partial charge is 0.427 e. The molecule has 2 aromatic rings. The lowest BCUT2D eigenvalue weighted by atomic mass is 10.1. The number of rotatable bonds is 7. The molecule has 1 aromatic carbocycles. The molecule has 0 aliphatic carbocycles. The third-order valence-corrected chi connectivity index (χ3v) is 7.42. The molecule has 2 N–H and O–H groups in total. The van der Waals surface area contributed by atoms with Gasteiger partial charge in [0, 0.05) is 25.4 Å². The third kappa shape index (κ3) is 6.09. The molecule has 3 rings (SSSR count). The molecule has 0 spiro atoms. The number of aryl methyl sites for hydroxylation is 2. The Morgan fingerprint density at radius 2 is 1.95 bits per heavy atom. The molecule has 0 radical (unpaired) electrons. The Labute approximate surface area is 212 Å². The number of carbonyl (C=O) groups is 2. The fraction of sp³-hybridized carbons (Fsp3) is 0.500. The molecule has 204 valence electrons. The molecule has 2 amide bonds. The second-order valence-corrected chi connectivity index (χ2v) is 10.7. The van der Waals surface area contributed by atoms with Crippen LogP contribution in [0.1, 0.15) is 33.4 Å². The van der Waals surface area contributed by atoms with Crippen molar-refractivity contribution in [2.75, 3.05) is 22.7 Å². The van der Waals surface area contributed by atoms with Crippen LogP contribution in [0.5, 0.6) is 5.75 Å². The number of carbonyl (C=O) groups excluding carboxylic acids is 2. The van der Waals surface area contributed by atoms with E-state index in [1.807, 2.05) is 0 Å². The van der Waals surface area contributed by atoms with Gasteiger partial charge in [0.05, 0.1) is 24.5 Å². The van der Waals surface area contributed by atoms with Crippen LogP contribution in [-0.2, 0) is 26.1 Å². The van der Waals surface area contributed by atoms with Crippen LogP contribution in [0.25, 0.3) is 0 Å². The molecule has 0 fully saturated rings. The summed E-state index contributed by atoms with van der Waals surface area (Å²) in [5.41, 5.74) is -2.47. The van der Waals surface area contributed by atoms with E-state index in [0.717, 1.165) is 4.31 Å². The fourth-order valence-electron chi connectivity index (χ4n) is 3.45. The van der Waals surface area contributed by atoms with Crippen LogP contribution in [0, 0.1) is 6.92 Å². The maximum absolute atomic E-state index is 13.7. The fourth-order valence-corrected chi connectivity index (χ4v) is 5.12. The summed E-state index contributed by atoms with van der Waals surface area (Å²) in [6.07, 6.45) is -5.54. The van der Waals surface area contributed by atoms with E-state index < -0.39 is 34.0 Å². The van der Waals surface area contributed by atoms with Gasteiger partial charge in [0.25, 0.3) is 10.0 Å². The number of benzene rings is 1. The van der Waals surface area contributed by atoms with Gasteiger partial charge in [-0.25, -0.2) is 13.2 Å². The lowest BCUT2D eigenvalue weighted by Crippen LogP contribution is -2.48. The van der Waals surface area contributed by atoms with Crippen molar-refractivity contribution in [2.24, 2.45) is 0 Å². The van der Waals surface area contributed by atoms with E-state index in [0.29, 0.717) is 20.4 Å². The molecule has 1 aliphatic rings. The monoisotopic (exact) mass is 547 g/mol. The van der Waals surface area contributed by atoms with Gasteiger partial charge in [0.1, 0.15) is 16.7 Å². The highest BCUT2D eigenvalue weighted by Gasteiger charge is 2.51. The Kier molecular flexibility index (Phi) is 7.67. The Hall–Kier alpha value is -3.49. The van der Waals surface area contributed by atoms with Gasteiger partial charge in [-0.2, -0.15) is 18.3 Å². The van der Waals surface area contributed by atoms with Gasteiger partial charge < -0.3 is 14.8 Å². The van der Waals surface area contributed by atoms with Crippen LogP contribution < -0.4 is 19.7 Å². The van der Waals surface area contributed by atoms with Gasteiger partial charge >= 0.3 is 12.3 Å². The van der Waals surface area contributed by atoms with Gasteiger partial charge in [-0.3, -0.25) is 19.1 Å². The highest BCUT2D eigenvalue weighted by atomic mass is 32.2. The number of amides is 2. The van der Waals surface area contributed by atoms with Crippen molar-refractivity contribution in [3.63, 3.8) is 0 Å². The van der Waals surface area contributed by atoms with Crippen LogP contribution in [0.3, 0.4) is 0 Å². The molecule has 1 unspecified atom stereocenters. The van der Waals surface area contributed by atoms with Crippen molar-refractivity contribution in [1.29, 1.82) is 0 Å². The summed E-state index contributed by atoms with van der Waals surface area (Å²) in [6.45, 7) is 6.33. The molecular formula is C22H28F3N5O6S. The number of halogens is 3. The van der Waals surface area contributed by atoms with Gasteiger partial charge in [-0.15, -0.1) is 0 Å². The van der Waals surface area contributed by atoms with Crippen molar-refractivity contribution in [2.45, 2.75) is 63.9 Å². The van der Waals surface area contributed by atoms with Crippen LogP contribution >= 0.6 is 0 Å². The van der Waals surface area contributed by atoms with Gasteiger partial charge in [-0.1, -0.05) is 0 Å². The minimum atomic E-state index is -4.80. The summed E-state index contributed by atoms with van der Waals surface area (Å²) < 4.78 is 79.6. The number of alkyl halides is 3. The number of sulfonamides is 1. The van der Waals surface area contributed by atoms with E-state index in [1.165, 1.54) is 36.0 Å². The highest BCUT2D eigenvalue weighted by molar-refractivity contribution is 7.92. The number of ether oxygens (including phenoxy) is 2. The molecule has 0 saturated heterocycles. The molecule has 11 nitrogen and oxygen atoms in total. The molecule has 1 aliphatic heterocycles. The van der Waals surface area contributed by atoms with E-state index in [4.69, 9.17) is 4.74 Å². The van der Waals surface area contributed by atoms with Gasteiger partial charge in [0.2, 0.25) is 11.5 Å². The number of hydrogen-bond acceptors (Lipinski definition) is 7. The SMILES string of the molecule is CCn1cc(S(=O)(=O)N2CC(CNC(C)=O)Oc3ccc(NC(=O)OC(C)(C)C(F)(F)F)cc32)c(C)n1. The van der Waals surface area contributed by atoms with Gasteiger partial charge in [-0.05, 0) is 45.9 Å². The lowest BCUT2D eigenvalue weighted by Gasteiger charge is -2.35. The molecular weight excluding hydrogens is 519 g/mol. The predicted molar refractivity (Wildman–Crippen MR) is 127 cm³/mol. The first-order valence-corrected chi connectivity index (χ1v) is 12.7. The second-order valence-electron chi connectivity index (χ2n) is 8.85. The van der Waals surface area contributed by atoms with E-state index in [2.05, 4.69) is 20.5 Å².